The lowest BCUT2D eigenvalue weighted by molar-refractivity contribution is -0.144. The first-order valence-electron chi connectivity index (χ1n) is 7.40. The van der Waals surface area contributed by atoms with Crippen molar-refractivity contribution in [3.63, 3.8) is 0 Å². The van der Waals surface area contributed by atoms with Crippen LogP contribution < -0.4 is 5.73 Å². The van der Waals surface area contributed by atoms with Crippen LogP contribution in [0.15, 0.2) is 0 Å². The first-order valence-corrected chi connectivity index (χ1v) is 7.40. The lowest BCUT2D eigenvalue weighted by atomic mass is 9.90. The van der Waals surface area contributed by atoms with Crippen LogP contribution in [0, 0.1) is 0 Å². The summed E-state index contributed by atoms with van der Waals surface area (Å²) in [6, 6.07) is 0.726. The average molecular weight is 254 g/mol. The lowest BCUT2D eigenvalue weighted by Crippen LogP contribution is -2.48. The predicted octanol–water partition coefficient (Wildman–Crippen LogP) is 1.67. The third-order valence-electron chi connectivity index (χ3n) is 4.13. The molecule has 0 bridgehead atoms. The van der Waals surface area contributed by atoms with Crippen molar-refractivity contribution >= 4 is 5.91 Å². The number of hydrogen-bond donors (Lipinski definition) is 1. The summed E-state index contributed by atoms with van der Waals surface area (Å²) in [6.45, 7) is 3.73. The van der Waals surface area contributed by atoms with Crippen LogP contribution in [0.4, 0.5) is 0 Å². The van der Waals surface area contributed by atoms with Crippen LogP contribution >= 0.6 is 0 Å². The number of nitrogens with zero attached hydrogens (tertiary/aromatic N) is 1. The number of hydrogen-bond acceptors (Lipinski definition) is 3. The molecule has 1 atom stereocenters. The number of amides is 1. The zero-order valence-corrected chi connectivity index (χ0v) is 11.4. The highest BCUT2D eigenvalue weighted by atomic mass is 16.5. The van der Waals surface area contributed by atoms with Crippen LogP contribution in [0.25, 0.3) is 0 Å². The topological polar surface area (TPSA) is 55.6 Å². The monoisotopic (exact) mass is 254 g/mol. The molecule has 2 rings (SSSR count). The Bertz CT molecular complexity index is 269. The number of carbonyl (C=O) groups excluding carboxylic acids is 1. The molecule has 1 saturated heterocycles. The first kappa shape index (κ1) is 13.8. The van der Waals surface area contributed by atoms with Crippen molar-refractivity contribution in [3.8, 4) is 0 Å². The van der Waals surface area contributed by atoms with Crippen molar-refractivity contribution in [3.05, 3.63) is 0 Å². The van der Waals surface area contributed by atoms with Gasteiger partial charge in [-0.15, -0.1) is 0 Å². The second kappa shape index (κ2) is 6.53. The van der Waals surface area contributed by atoms with Crippen molar-refractivity contribution in [1.29, 1.82) is 0 Å². The molecule has 0 aromatic rings. The molecule has 1 aliphatic heterocycles. The average Bonchev–Trinajstić information content (AvgIpc) is 2.90. The van der Waals surface area contributed by atoms with E-state index in [4.69, 9.17) is 10.5 Å². The second-order valence-corrected chi connectivity index (χ2v) is 5.60. The summed E-state index contributed by atoms with van der Waals surface area (Å²) < 4.78 is 5.54. The number of ether oxygens (including phenoxy) is 1. The van der Waals surface area contributed by atoms with Gasteiger partial charge in [-0.3, -0.25) is 4.79 Å². The van der Waals surface area contributed by atoms with Gasteiger partial charge in [0, 0.05) is 25.2 Å². The Morgan fingerprint density at radius 3 is 2.56 bits per heavy atom. The minimum atomic E-state index is -0.174. The van der Waals surface area contributed by atoms with Crippen LogP contribution in [0.1, 0.15) is 51.9 Å². The van der Waals surface area contributed by atoms with Gasteiger partial charge in [-0.05, 0) is 44.9 Å². The van der Waals surface area contributed by atoms with Crippen LogP contribution in [0.3, 0.4) is 0 Å². The minimum absolute atomic E-state index is 0.174. The third kappa shape index (κ3) is 3.23. The highest BCUT2D eigenvalue weighted by molar-refractivity contribution is 5.81. The fourth-order valence-electron chi connectivity index (χ4n) is 3.08. The highest BCUT2D eigenvalue weighted by Crippen LogP contribution is 2.25. The molecular weight excluding hydrogens is 228 g/mol. The van der Waals surface area contributed by atoms with Gasteiger partial charge in [0.15, 0.2) is 0 Å². The molecule has 1 heterocycles. The van der Waals surface area contributed by atoms with Gasteiger partial charge >= 0.3 is 0 Å². The standard InChI is InChI=1S/C14H26N2O2/c1-2-9-16(12-7-5-11(15)6-8-12)14(17)13-4-3-10-18-13/h11-13H,2-10,15H2,1H3/t11?,12?,13-/m0/s1. The van der Waals surface area contributed by atoms with E-state index in [2.05, 4.69) is 11.8 Å². The van der Waals surface area contributed by atoms with Crippen molar-refractivity contribution in [2.24, 2.45) is 5.73 Å². The molecule has 4 nitrogen and oxygen atoms in total. The normalized spacial score (nSPS) is 32.4. The van der Waals surface area contributed by atoms with Crippen molar-refractivity contribution in [2.45, 2.75) is 70.1 Å². The maximum Gasteiger partial charge on any atom is 0.251 e. The molecule has 0 aromatic heterocycles. The van der Waals surface area contributed by atoms with E-state index in [1.807, 2.05) is 0 Å². The second-order valence-electron chi connectivity index (χ2n) is 5.60. The molecule has 0 aromatic carbocycles. The van der Waals surface area contributed by atoms with E-state index in [-0.39, 0.29) is 12.0 Å². The number of carbonyl (C=O) groups is 1. The van der Waals surface area contributed by atoms with Crippen LogP contribution in [-0.4, -0.2) is 42.1 Å². The van der Waals surface area contributed by atoms with Crippen LogP contribution in [0.2, 0.25) is 0 Å². The summed E-state index contributed by atoms with van der Waals surface area (Å²) in [5.74, 6) is 0.217. The fourth-order valence-corrected chi connectivity index (χ4v) is 3.08. The van der Waals surface area contributed by atoms with Gasteiger partial charge in [0.2, 0.25) is 0 Å². The molecule has 0 radical (unpaired) electrons. The summed E-state index contributed by atoms with van der Waals surface area (Å²) in [6.07, 6.45) is 6.96. The Kier molecular flexibility index (Phi) is 5.01. The van der Waals surface area contributed by atoms with Gasteiger partial charge in [0.25, 0.3) is 5.91 Å². The van der Waals surface area contributed by atoms with Gasteiger partial charge in [0.05, 0.1) is 0 Å². The molecular formula is C14H26N2O2. The molecule has 2 N–H and O–H groups in total. The van der Waals surface area contributed by atoms with Gasteiger partial charge in [-0.1, -0.05) is 6.92 Å². The molecule has 1 aliphatic carbocycles. The minimum Gasteiger partial charge on any atom is -0.368 e. The molecule has 104 valence electrons. The molecule has 1 amide bonds. The van der Waals surface area contributed by atoms with Gasteiger partial charge in [-0.25, -0.2) is 0 Å². The smallest absolute Gasteiger partial charge is 0.251 e. The lowest BCUT2D eigenvalue weighted by Gasteiger charge is -2.37. The fraction of sp³-hybridized carbons (Fsp3) is 0.929. The van der Waals surface area contributed by atoms with E-state index in [9.17, 15) is 4.79 Å². The first-order chi connectivity index (χ1) is 8.72. The van der Waals surface area contributed by atoms with E-state index in [0.29, 0.717) is 12.1 Å². The van der Waals surface area contributed by atoms with E-state index in [1.54, 1.807) is 0 Å². The molecule has 18 heavy (non-hydrogen) atoms. The highest BCUT2D eigenvalue weighted by Gasteiger charge is 2.33. The molecule has 2 fully saturated rings. The Morgan fingerprint density at radius 1 is 1.28 bits per heavy atom. The van der Waals surface area contributed by atoms with Gasteiger partial charge < -0.3 is 15.4 Å². The molecule has 4 heteroatoms. The number of rotatable bonds is 4. The summed E-state index contributed by atoms with van der Waals surface area (Å²) in [5, 5.41) is 0. The SMILES string of the molecule is CCCN(C(=O)[C@@H]1CCCO1)C1CCC(N)CC1. The van der Waals surface area contributed by atoms with E-state index in [0.717, 1.165) is 58.1 Å². The molecule has 1 saturated carbocycles. The quantitative estimate of drug-likeness (QED) is 0.830. The van der Waals surface area contributed by atoms with E-state index in [1.165, 1.54) is 0 Å². The number of nitrogens with two attached hydrogens (primary N) is 1. The predicted molar refractivity (Wildman–Crippen MR) is 71.2 cm³/mol. The summed E-state index contributed by atoms with van der Waals surface area (Å²) in [5.41, 5.74) is 5.94. The van der Waals surface area contributed by atoms with Crippen LogP contribution in [-0.2, 0) is 9.53 Å². The zero-order chi connectivity index (χ0) is 13.0. The summed E-state index contributed by atoms with van der Waals surface area (Å²) in [4.78, 5) is 14.6. The van der Waals surface area contributed by atoms with E-state index < -0.39 is 0 Å². The summed E-state index contributed by atoms with van der Waals surface area (Å²) in [7, 11) is 0. The van der Waals surface area contributed by atoms with Crippen molar-refractivity contribution in [2.75, 3.05) is 13.2 Å². The van der Waals surface area contributed by atoms with Crippen molar-refractivity contribution in [1.82, 2.24) is 4.90 Å². The molecule has 0 unspecified atom stereocenters. The molecule has 0 spiro atoms. The maximum atomic E-state index is 12.5. The molecule has 2 aliphatic rings. The Hall–Kier alpha value is -0.610. The van der Waals surface area contributed by atoms with Crippen molar-refractivity contribution < 1.29 is 9.53 Å². The zero-order valence-electron chi connectivity index (χ0n) is 11.4. The van der Waals surface area contributed by atoms with Gasteiger partial charge in [-0.2, -0.15) is 0 Å². The van der Waals surface area contributed by atoms with E-state index >= 15 is 0 Å². The third-order valence-corrected chi connectivity index (χ3v) is 4.13. The Morgan fingerprint density at radius 2 is 2.00 bits per heavy atom. The van der Waals surface area contributed by atoms with Gasteiger partial charge in [0.1, 0.15) is 6.10 Å². The largest absolute Gasteiger partial charge is 0.368 e. The van der Waals surface area contributed by atoms with Crippen LogP contribution in [0.5, 0.6) is 0 Å². The Balaban J connectivity index is 1.95. The Labute approximate surface area is 110 Å². The maximum absolute atomic E-state index is 12.5. The summed E-state index contributed by atoms with van der Waals surface area (Å²) >= 11 is 0.